The molecule has 0 aliphatic carbocycles. The van der Waals surface area contributed by atoms with E-state index in [0.717, 1.165) is 5.56 Å². The highest BCUT2D eigenvalue weighted by Crippen LogP contribution is 2.22. The Morgan fingerprint density at radius 2 is 2.06 bits per heavy atom. The van der Waals surface area contributed by atoms with Gasteiger partial charge in [0.05, 0.1) is 18.6 Å². The summed E-state index contributed by atoms with van der Waals surface area (Å²) in [6, 6.07) is 9.29. The Balaban J connectivity index is 2.20. The van der Waals surface area contributed by atoms with E-state index in [9.17, 15) is 0 Å². The van der Waals surface area contributed by atoms with Crippen LogP contribution in [0.4, 0.5) is 0 Å². The molecule has 17 heavy (non-hydrogen) atoms. The normalized spacial score (nSPS) is 14.5. The molecule has 0 amide bonds. The van der Waals surface area contributed by atoms with Gasteiger partial charge < -0.3 is 15.4 Å². The monoisotopic (exact) mass is 233 g/mol. The van der Waals surface area contributed by atoms with Gasteiger partial charge in [-0.2, -0.15) is 4.98 Å². The summed E-state index contributed by atoms with van der Waals surface area (Å²) in [6.45, 7) is 1.79. The number of nitrogens with two attached hydrogens (primary N) is 1. The Labute approximate surface area is 99.3 Å². The average molecular weight is 233 g/mol. The Kier molecular flexibility index (Phi) is 3.51. The molecule has 0 bridgehead atoms. The van der Waals surface area contributed by atoms with Gasteiger partial charge in [0.2, 0.25) is 5.89 Å². The predicted octanol–water partition coefficient (Wildman–Crippen LogP) is 1.21. The van der Waals surface area contributed by atoms with Crippen molar-refractivity contribution in [3.63, 3.8) is 0 Å². The van der Waals surface area contributed by atoms with Crippen molar-refractivity contribution >= 4 is 0 Å². The summed E-state index contributed by atoms with van der Waals surface area (Å²) < 4.78 is 5.15. The molecule has 1 aromatic heterocycles. The third-order valence-electron chi connectivity index (χ3n) is 2.66. The molecule has 0 aliphatic heterocycles. The van der Waals surface area contributed by atoms with Crippen molar-refractivity contribution in [1.29, 1.82) is 0 Å². The maximum absolute atomic E-state index is 8.91. The highest BCUT2D eigenvalue weighted by Gasteiger charge is 2.18. The Hall–Kier alpha value is -1.72. The van der Waals surface area contributed by atoms with Gasteiger partial charge in [0.25, 0.3) is 0 Å². The zero-order valence-electron chi connectivity index (χ0n) is 9.58. The largest absolute Gasteiger partial charge is 0.394 e. The van der Waals surface area contributed by atoms with E-state index in [1.165, 1.54) is 0 Å². The van der Waals surface area contributed by atoms with Crippen molar-refractivity contribution < 1.29 is 9.63 Å². The van der Waals surface area contributed by atoms with Crippen molar-refractivity contribution in [3.8, 4) is 0 Å². The number of hydrogen-bond acceptors (Lipinski definition) is 5. The van der Waals surface area contributed by atoms with Crippen LogP contribution < -0.4 is 5.73 Å². The third-order valence-corrected chi connectivity index (χ3v) is 2.66. The molecule has 0 aliphatic rings. The van der Waals surface area contributed by atoms with Crippen LogP contribution in [0.2, 0.25) is 0 Å². The highest BCUT2D eigenvalue weighted by atomic mass is 16.5. The molecular formula is C12H15N3O2. The van der Waals surface area contributed by atoms with E-state index >= 15 is 0 Å². The molecule has 0 spiro atoms. The van der Waals surface area contributed by atoms with Crippen molar-refractivity contribution in [2.24, 2.45) is 5.73 Å². The lowest BCUT2D eigenvalue weighted by atomic mass is 10.0. The minimum Gasteiger partial charge on any atom is -0.394 e. The predicted molar refractivity (Wildman–Crippen MR) is 62.3 cm³/mol. The molecule has 2 aromatic rings. The molecule has 5 heteroatoms. The molecule has 0 saturated heterocycles. The van der Waals surface area contributed by atoms with Crippen molar-refractivity contribution in [1.82, 2.24) is 10.1 Å². The summed E-state index contributed by atoms with van der Waals surface area (Å²) >= 11 is 0. The van der Waals surface area contributed by atoms with Crippen LogP contribution in [0, 0.1) is 0 Å². The van der Waals surface area contributed by atoms with Crippen molar-refractivity contribution in [2.75, 3.05) is 6.61 Å². The van der Waals surface area contributed by atoms with Gasteiger partial charge in [-0.25, -0.2) is 0 Å². The van der Waals surface area contributed by atoms with Gasteiger partial charge in [0.15, 0.2) is 5.82 Å². The second-order valence-electron chi connectivity index (χ2n) is 3.91. The number of benzene rings is 1. The Morgan fingerprint density at radius 1 is 1.35 bits per heavy atom. The summed E-state index contributed by atoms with van der Waals surface area (Å²) in [7, 11) is 0. The van der Waals surface area contributed by atoms with Crippen molar-refractivity contribution in [2.45, 2.75) is 18.9 Å². The summed E-state index contributed by atoms with van der Waals surface area (Å²) in [5, 5.41) is 12.7. The molecule has 90 valence electrons. The molecule has 1 aromatic carbocycles. The number of rotatable bonds is 4. The molecule has 5 nitrogen and oxygen atoms in total. The quantitative estimate of drug-likeness (QED) is 0.829. The Bertz CT molecular complexity index is 470. The van der Waals surface area contributed by atoms with Crippen LogP contribution in [0.25, 0.3) is 0 Å². The van der Waals surface area contributed by atoms with Crippen LogP contribution >= 0.6 is 0 Å². The fourth-order valence-corrected chi connectivity index (χ4v) is 1.54. The first-order valence-electron chi connectivity index (χ1n) is 5.47. The van der Waals surface area contributed by atoms with Gasteiger partial charge in [-0.1, -0.05) is 35.5 Å². The first kappa shape index (κ1) is 11.8. The minimum absolute atomic E-state index is 0.0170. The van der Waals surface area contributed by atoms with Crippen molar-refractivity contribution in [3.05, 3.63) is 47.6 Å². The molecule has 0 fully saturated rings. The second kappa shape index (κ2) is 5.07. The molecule has 2 rings (SSSR count). The van der Waals surface area contributed by atoms with E-state index in [1.807, 2.05) is 37.3 Å². The molecule has 3 N–H and O–H groups in total. The van der Waals surface area contributed by atoms with E-state index in [-0.39, 0.29) is 12.5 Å². The summed E-state index contributed by atoms with van der Waals surface area (Å²) in [4.78, 5) is 4.19. The minimum atomic E-state index is -0.588. The zero-order valence-corrected chi connectivity index (χ0v) is 9.58. The zero-order chi connectivity index (χ0) is 12.3. The fraction of sp³-hybridized carbons (Fsp3) is 0.333. The van der Waals surface area contributed by atoms with E-state index in [0.29, 0.717) is 11.7 Å². The van der Waals surface area contributed by atoms with Crippen LogP contribution in [-0.2, 0) is 0 Å². The number of aromatic nitrogens is 2. The SMILES string of the molecule is CC(c1ccccc1)c1nc(C(N)CO)no1. The number of hydrogen-bond donors (Lipinski definition) is 2. The maximum atomic E-state index is 8.91. The molecular weight excluding hydrogens is 218 g/mol. The van der Waals surface area contributed by atoms with E-state index in [1.54, 1.807) is 0 Å². The lowest BCUT2D eigenvalue weighted by Crippen LogP contribution is -2.16. The van der Waals surface area contributed by atoms with E-state index in [4.69, 9.17) is 15.4 Å². The highest BCUT2D eigenvalue weighted by molar-refractivity contribution is 5.23. The first-order chi connectivity index (χ1) is 8.22. The third kappa shape index (κ3) is 2.51. The first-order valence-corrected chi connectivity index (χ1v) is 5.47. The van der Waals surface area contributed by atoms with Crippen LogP contribution in [0.1, 0.15) is 36.2 Å². The lowest BCUT2D eigenvalue weighted by Gasteiger charge is -2.05. The number of aliphatic hydroxyl groups is 1. The van der Waals surface area contributed by atoms with Gasteiger partial charge >= 0.3 is 0 Å². The topological polar surface area (TPSA) is 85.2 Å². The second-order valence-corrected chi connectivity index (χ2v) is 3.91. The van der Waals surface area contributed by atoms with Crippen LogP contribution in [0.3, 0.4) is 0 Å². The number of nitrogens with zero attached hydrogens (tertiary/aromatic N) is 2. The number of aliphatic hydroxyl groups excluding tert-OH is 1. The standard InChI is InChI=1S/C12H15N3O2/c1-8(9-5-3-2-4-6-9)12-14-11(15-17-12)10(13)7-16/h2-6,8,10,16H,7,13H2,1H3. The lowest BCUT2D eigenvalue weighted by molar-refractivity contribution is 0.259. The maximum Gasteiger partial charge on any atom is 0.233 e. The Morgan fingerprint density at radius 3 is 2.71 bits per heavy atom. The molecule has 1 heterocycles. The van der Waals surface area contributed by atoms with E-state index in [2.05, 4.69) is 10.1 Å². The summed E-state index contributed by atoms with van der Waals surface area (Å²) in [5.74, 6) is 0.865. The van der Waals surface area contributed by atoms with Gasteiger partial charge in [-0.3, -0.25) is 0 Å². The van der Waals surface area contributed by atoms with Crippen LogP contribution in [-0.4, -0.2) is 21.9 Å². The molecule has 2 atom stereocenters. The summed E-state index contributed by atoms with van der Waals surface area (Å²) in [6.07, 6.45) is 0. The van der Waals surface area contributed by atoms with E-state index < -0.39 is 6.04 Å². The van der Waals surface area contributed by atoms with Crippen LogP contribution in [0.15, 0.2) is 34.9 Å². The van der Waals surface area contributed by atoms with Gasteiger partial charge in [0, 0.05) is 0 Å². The summed E-state index contributed by atoms with van der Waals surface area (Å²) in [5.41, 5.74) is 6.71. The average Bonchev–Trinajstić information content (AvgIpc) is 2.87. The molecule has 2 unspecified atom stereocenters. The smallest absolute Gasteiger partial charge is 0.233 e. The van der Waals surface area contributed by atoms with Crippen LogP contribution in [0.5, 0.6) is 0 Å². The van der Waals surface area contributed by atoms with Gasteiger partial charge in [-0.05, 0) is 12.5 Å². The molecule has 0 radical (unpaired) electrons. The van der Waals surface area contributed by atoms with Gasteiger partial charge in [0.1, 0.15) is 0 Å². The fourth-order valence-electron chi connectivity index (χ4n) is 1.54. The molecule has 0 saturated carbocycles. The van der Waals surface area contributed by atoms with Gasteiger partial charge in [-0.15, -0.1) is 0 Å².